The number of rotatable bonds is 2. The molecular weight excluding hydrogens is 298 g/mol. The van der Waals surface area contributed by atoms with Gasteiger partial charge in [-0.3, -0.25) is 4.40 Å². The summed E-state index contributed by atoms with van der Waals surface area (Å²) in [7, 11) is 0. The molecule has 2 heterocycles. The number of aliphatic carboxylic acids is 1. The average Bonchev–Trinajstić information content (AvgIpc) is 2.65. The Balaban J connectivity index is 2.65. The number of hydrogen-bond donors (Lipinski definition) is 1. The second-order valence-corrected chi connectivity index (χ2v) is 5.73. The smallest absolute Gasteiger partial charge is 0.328 e. The second-order valence-electron chi connectivity index (χ2n) is 3.45. The number of alkyl halides is 3. The molecule has 4 nitrogen and oxygen atoms in total. The van der Waals surface area contributed by atoms with E-state index in [2.05, 4.69) is 4.98 Å². The van der Waals surface area contributed by atoms with Crippen molar-refractivity contribution in [1.29, 1.82) is 0 Å². The molecule has 0 atom stereocenters. The maximum Gasteiger partial charge on any atom is 0.328 e. The lowest BCUT2D eigenvalue weighted by Crippen LogP contribution is -2.06. The first-order valence-corrected chi connectivity index (χ1v) is 5.98. The Kier molecular flexibility index (Phi) is 3.52. The molecule has 0 unspecified atom stereocenters. The number of halogens is 3. The topological polar surface area (TPSA) is 54.6 Å². The number of imidazole rings is 1. The van der Waals surface area contributed by atoms with Gasteiger partial charge in [-0.25, -0.2) is 9.78 Å². The van der Waals surface area contributed by atoms with E-state index in [-0.39, 0.29) is 5.82 Å². The molecule has 0 bridgehead atoms. The van der Waals surface area contributed by atoms with Crippen LogP contribution >= 0.6 is 34.8 Å². The standard InChI is InChI=1S/C11H7Cl3N2O2/c12-11(13,14)10-15-7(4-5-9(17)18)8-3-1-2-6-16(8)10/h1-6H,(H,17,18). The summed E-state index contributed by atoms with van der Waals surface area (Å²) in [6.45, 7) is 0. The van der Waals surface area contributed by atoms with Crippen LogP contribution in [0.25, 0.3) is 11.6 Å². The van der Waals surface area contributed by atoms with Gasteiger partial charge in [0.25, 0.3) is 0 Å². The molecule has 0 radical (unpaired) electrons. The predicted molar refractivity (Wildman–Crippen MR) is 71.1 cm³/mol. The van der Waals surface area contributed by atoms with Crippen molar-refractivity contribution in [1.82, 2.24) is 9.38 Å². The molecule has 0 saturated carbocycles. The summed E-state index contributed by atoms with van der Waals surface area (Å²) in [5.41, 5.74) is 1.09. The van der Waals surface area contributed by atoms with Crippen LogP contribution in [0.4, 0.5) is 0 Å². The summed E-state index contributed by atoms with van der Waals surface area (Å²) >= 11 is 17.5. The molecular formula is C11H7Cl3N2O2. The third-order valence-corrected chi connectivity index (χ3v) is 2.72. The minimum absolute atomic E-state index is 0.216. The van der Waals surface area contributed by atoms with Crippen LogP contribution in [-0.4, -0.2) is 20.5 Å². The van der Waals surface area contributed by atoms with Gasteiger partial charge in [0.1, 0.15) is 0 Å². The molecule has 2 aromatic rings. The van der Waals surface area contributed by atoms with Gasteiger partial charge in [-0.15, -0.1) is 0 Å². The van der Waals surface area contributed by atoms with Crippen LogP contribution in [-0.2, 0) is 8.59 Å². The molecule has 0 aliphatic carbocycles. The van der Waals surface area contributed by atoms with Crippen molar-refractivity contribution in [2.75, 3.05) is 0 Å². The van der Waals surface area contributed by atoms with E-state index in [1.165, 1.54) is 6.08 Å². The van der Waals surface area contributed by atoms with Crippen molar-refractivity contribution in [3.8, 4) is 0 Å². The fourth-order valence-electron chi connectivity index (χ4n) is 1.53. The van der Waals surface area contributed by atoms with Crippen molar-refractivity contribution >= 4 is 52.4 Å². The van der Waals surface area contributed by atoms with E-state index in [1.54, 1.807) is 28.8 Å². The Morgan fingerprint density at radius 1 is 1.39 bits per heavy atom. The third-order valence-electron chi connectivity index (χ3n) is 2.21. The highest BCUT2D eigenvalue weighted by Crippen LogP contribution is 2.38. The van der Waals surface area contributed by atoms with Gasteiger partial charge in [-0.2, -0.15) is 0 Å². The SMILES string of the molecule is O=C(O)C=Cc1nc(C(Cl)(Cl)Cl)n2ccccc12. The van der Waals surface area contributed by atoms with Crippen molar-refractivity contribution in [3.05, 3.63) is 42.0 Å². The van der Waals surface area contributed by atoms with Gasteiger partial charge in [0.05, 0.1) is 11.2 Å². The molecule has 2 rings (SSSR count). The van der Waals surface area contributed by atoms with Gasteiger partial charge in [-0.05, 0) is 18.2 Å². The minimum Gasteiger partial charge on any atom is -0.478 e. The van der Waals surface area contributed by atoms with Crippen molar-refractivity contribution in [3.63, 3.8) is 0 Å². The number of nitrogens with zero attached hydrogens (tertiary/aromatic N) is 2. The molecule has 0 aromatic carbocycles. The van der Waals surface area contributed by atoms with E-state index < -0.39 is 9.76 Å². The zero-order valence-corrected chi connectivity index (χ0v) is 11.1. The molecule has 0 spiro atoms. The highest BCUT2D eigenvalue weighted by Gasteiger charge is 2.29. The first-order valence-electron chi connectivity index (χ1n) is 4.85. The first-order chi connectivity index (χ1) is 8.39. The Morgan fingerprint density at radius 2 is 2.11 bits per heavy atom. The summed E-state index contributed by atoms with van der Waals surface area (Å²) in [5.74, 6) is -0.851. The van der Waals surface area contributed by atoms with Gasteiger partial charge in [0, 0.05) is 12.3 Å². The van der Waals surface area contributed by atoms with Crippen molar-refractivity contribution in [2.24, 2.45) is 0 Å². The quantitative estimate of drug-likeness (QED) is 0.684. The molecule has 18 heavy (non-hydrogen) atoms. The van der Waals surface area contributed by atoms with Crippen LogP contribution in [0.15, 0.2) is 30.5 Å². The van der Waals surface area contributed by atoms with E-state index in [9.17, 15) is 4.79 Å². The van der Waals surface area contributed by atoms with Crippen molar-refractivity contribution in [2.45, 2.75) is 3.79 Å². The number of carbonyl (C=O) groups is 1. The summed E-state index contributed by atoms with van der Waals surface area (Å²) in [6, 6.07) is 5.31. The number of fused-ring (bicyclic) bond motifs is 1. The van der Waals surface area contributed by atoms with Crippen LogP contribution in [0.3, 0.4) is 0 Å². The zero-order chi connectivity index (χ0) is 13.3. The van der Waals surface area contributed by atoms with Gasteiger partial charge in [-0.1, -0.05) is 40.9 Å². The Morgan fingerprint density at radius 3 is 2.72 bits per heavy atom. The monoisotopic (exact) mass is 304 g/mol. The van der Waals surface area contributed by atoms with Crippen LogP contribution in [0.5, 0.6) is 0 Å². The van der Waals surface area contributed by atoms with E-state index >= 15 is 0 Å². The Hall–Kier alpha value is -1.23. The van der Waals surface area contributed by atoms with Crippen LogP contribution < -0.4 is 0 Å². The molecule has 94 valence electrons. The molecule has 0 aliphatic rings. The number of aromatic nitrogens is 2. The normalized spacial score (nSPS) is 12.4. The Labute approximate surface area is 117 Å². The highest BCUT2D eigenvalue weighted by molar-refractivity contribution is 6.66. The van der Waals surface area contributed by atoms with E-state index in [0.29, 0.717) is 11.2 Å². The summed E-state index contributed by atoms with van der Waals surface area (Å²) in [6.07, 6.45) is 4.03. The van der Waals surface area contributed by atoms with E-state index in [4.69, 9.17) is 39.9 Å². The molecule has 7 heteroatoms. The van der Waals surface area contributed by atoms with Gasteiger partial charge >= 0.3 is 5.97 Å². The maximum absolute atomic E-state index is 10.5. The summed E-state index contributed by atoms with van der Waals surface area (Å²) < 4.78 is -0.0753. The lowest BCUT2D eigenvalue weighted by atomic mass is 10.3. The maximum atomic E-state index is 10.5. The van der Waals surface area contributed by atoms with Crippen molar-refractivity contribution < 1.29 is 9.90 Å². The Bertz CT molecular complexity index is 629. The van der Waals surface area contributed by atoms with Gasteiger partial charge < -0.3 is 5.11 Å². The van der Waals surface area contributed by atoms with Gasteiger partial charge in [0.2, 0.25) is 3.79 Å². The van der Waals surface area contributed by atoms with Crippen LogP contribution in [0, 0.1) is 0 Å². The highest BCUT2D eigenvalue weighted by atomic mass is 35.6. The molecule has 0 saturated heterocycles. The predicted octanol–water partition coefficient (Wildman–Crippen LogP) is 3.26. The number of hydrogen-bond acceptors (Lipinski definition) is 2. The first kappa shape index (κ1) is 13.2. The molecule has 0 amide bonds. The number of pyridine rings is 1. The largest absolute Gasteiger partial charge is 0.478 e. The molecule has 0 fully saturated rings. The van der Waals surface area contributed by atoms with E-state index in [1.807, 2.05) is 0 Å². The van der Waals surface area contributed by atoms with Crippen LogP contribution in [0.1, 0.15) is 11.5 Å². The summed E-state index contributed by atoms with van der Waals surface area (Å²) in [5, 5.41) is 8.61. The minimum atomic E-state index is -1.68. The molecule has 1 N–H and O–H groups in total. The second kappa shape index (κ2) is 4.80. The van der Waals surface area contributed by atoms with Crippen LogP contribution in [0.2, 0.25) is 0 Å². The average molecular weight is 306 g/mol. The van der Waals surface area contributed by atoms with E-state index in [0.717, 1.165) is 6.08 Å². The molecule has 0 aliphatic heterocycles. The van der Waals surface area contributed by atoms with Gasteiger partial charge in [0.15, 0.2) is 5.82 Å². The third kappa shape index (κ3) is 2.61. The zero-order valence-electron chi connectivity index (χ0n) is 8.85. The summed E-state index contributed by atoms with van der Waals surface area (Å²) in [4.78, 5) is 14.7. The lowest BCUT2D eigenvalue weighted by molar-refractivity contribution is -0.131. The number of carboxylic acid groups (broad SMARTS) is 1. The fraction of sp³-hybridized carbons (Fsp3) is 0.0909. The molecule has 2 aromatic heterocycles. The fourth-order valence-corrected chi connectivity index (χ4v) is 1.93. The number of carboxylic acids is 1. The lowest BCUT2D eigenvalue weighted by Gasteiger charge is -2.08.